The van der Waals surface area contributed by atoms with Crippen LogP contribution in [0.25, 0.3) is 0 Å². The van der Waals surface area contributed by atoms with Crippen LogP contribution in [0.15, 0.2) is 0 Å². The molecule has 0 nitrogen and oxygen atoms in total. The molecule has 0 rings (SSSR count). The standard InChI is InChI=1S/Al.Cu.Ti.W.2H. The van der Waals surface area contributed by atoms with E-state index >= 15 is 0 Å². The maximum absolute atomic E-state index is 4.33. The SMILES string of the molecule is [AlH2][Cu].[Ti].[W]. The summed E-state index contributed by atoms with van der Waals surface area (Å²) in [5.41, 5.74) is 0. The van der Waals surface area contributed by atoms with E-state index in [0.717, 1.165) is 14.4 Å². The van der Waals surface area contributed by atoms with E-state index in [2.05, 4.69) is 14.1 Å². The maximum atomic E-state index is 4.33. The van der Waals surface area contributed by atoms with Crippen molar-refractivity contribution in [3.63, 3.8) is 0 Å². The first-order chi connectivity index (χ1) is 1.00. The topological polar surface area (TPSA) is 0 Å². The fourth-order valence-corrected chi connectivity index (χ4v) is 0. The molecule has 0 aliphatic carbocycles. The molecule has 0 unspecified atom stereocenters. The summed E-state index contributed by atoms with van der Waals surface area (Å²) in [6.45, 7) is 0. The van der Waals surface area contributed by atoms with Crippen LogP contribution in [0.5, 0.6) is 0 Å². The van der Waals surface area contributed by atoms with Gasteiger partial charge in [0.25, 0.3) is 0 Å². The van der Waals surface area contributed by atoms with Gasteiger partial charge in [-0.1, -0.05) is 0 Å². The van der Waals surface area contributed by atoms with Gasteiger partial charge < -0.3 is 0 Å². The molecule has 4 heteroatoms. The molecule has 0 saturated heterocycles. The van der Waals surface area contributed by atoms with Crippen molar-refractivity contribution >= 4 is 14.4 Å². The van der Waals surface area contributed by atoms with Gasteiger partial charge in [-0.2, -0.15) is 0 Å². The summed E-state index contributed by atoms with van der Waals surface area (Å²) >= 11 is 5.19. The molecule has 0 spiro atoms. The van der Waals surface area contributed by atoms with Gasteiger partial charge in [-0.25, -0.2) is 0 Å². The fraction of sp³-hybridized carbons (Fsp3) is 0. The molecule has 0 bridgehead atoms. The van der Waals surface area contributed by atoms with Gasteiger partial charge in [0.2, 0.25) is 0 Å². The first kappa shape index (κ1) is 16.1. The third-order valence-electron chi connectivity index (χ3n) is 0. The smallest absolute Gasteiger partial charge is 0 e. The minimum Gasteiger partial charge on any atom is 0 e. The minimum atomic E-state index is 0. The molecular weight excluding hydrogens is 322 g/mol. The van der Waals surface area contributed by atoms with Crippen molar-refractivity contribution in [2.45, 2.75) is 0 Å². The molecule has 0 aliphatic rings. The maximum Gasteiger partial charge on any atom is 0 e. The zero-order valence-electron chi connectivity index (χ0n) is 2.21. The van der Waals surface area contributed by atoms with E-state index in [1.807, 2.05) is 0 Å². The van der Waals surface area contributed by atoms with Gasteiger partial charge in [-0.3, -0.25) is 0 Å². The summed E-state index contributed by atoms with van der Waals surface area (Å²) in [6, 6.07) is 0. The van der Waals surface area contributed by atoms with Crippen molar-refractivity contribution in [1.82, 2.24) is 0 Å². The molecular formula is H2AlCuTiW. The van der Waals surface area contributed by atoms with Gasteiger partial charge in [0.1, 0.15) is 0 Å². The second-order valence-corrected chi connectivity index (χ2v) is 0. The second kappa shape index (κ2) is 18.0. The van der Waals surface area contributed by atoms with E-state index < -0.39 is 0 Å². The van der Waals surface area contributed by atoms with Crippen LogP contribution in [0.4, 0.5) is 0 Å². The molecule has 0 amide bonds. The Morgan fingerprint density at radius 2 is 1.25 bits per heavy atom. The Labute approximate surface area is 70.4 Å². The summed E-state index contributed by atoms with van der Waals surface area (Å²) in [5, 5.41) is 0. The monoisotopic (exact) mass is 324 g/mol. The molecule has 0 aromatic heterocycles. The van der Waals surface area contributed by atoms with Gasteiger partial charge in [-0.05, 0) is 0 Å². The number of hydrogen-bond acceptors (Lipinski definition) is 0. The Bertz CT molecular complexity index is 8.00. The molecule has 0 N–H and O–H groups in total. The van der Waals surface area contributed by atoms with Gasteiger partial charge in [0.05, 0.1) is 0 Å². The van der Waals surface area contributed by atoms with Crippen LogP contribution in [-0.2, 0) is 56.9 Å². The Hall–Kier alpha value is 2.45. The first-order valence-electron chi connectivity index (χ1n) is 0.302. The van der Waals surface area contributed by atoms with E-state index in [9.17, 15) is 0 Å². The van der Waals surface area contributed by atoms with E-state index in [4.69, 9.17) is 0 Å². The van der Waals surface area contributed by atoms with Crippen LogP contribution in [0.2, 0.25) is 0 Å². The molecule has 0 heterocycles. The van der Waals surface area contributed by atoms with Gasteiger partial charge in [-0.15, -0.1) is 0 Å². The summed E-state index contributed by atoms with van der Waals surface area (Å²) in [6.07, 6.45) is 0. The average molecular weight is 324 g/mol. The van der Waals surface area contributed by atoms with Crippen LogP contribution in [0.3, 0.4) is 0 Å². The largest absolute Gasteiger partial charge is 0 e. The quantitative estimate of drug-likeness (QED) is 0.506. The summed E-state index contributed by atoms with van der Waals surface area (Å²) in [5.74, 6) is 0. The van der Waals surface area contributed by atoms with Crippen LogP contribution in [0, 0.1) is 0 Å². The normalized spacial score (nSPS) is 1.50. The van der Waals surface area contributed by atoms with Gasteiger partial charge in [0, 0.05) is 42.8 Å². The van der Waals surface area contributed by atoms with E-state index in [-0.39, 0.29) is 42.8 Å². The summed E-state index contributed by atoms with van der Waals surface area (Å²) in [4.78, 5) is 0. The third kappa shape index (κ3) is 8.82. The third-order valence-corrected chi connectivity index (χ3v) is 0. The Morgan fingerprint density at radius 3 is 1.25 bits per heavy atom. The van der Waals surface area contributed by atoms with Crippen molar-refractivity contribution in [3.8, 4) is 0 Å². The van der Waals surface area contributed by atoms with Crippen LogP contribution < -0.4 is 0 Å². The molecule has 0 aromatic carbocycles. The van der Waals surface area contributed by atoms with E-state index in [1.54, 1.807) is 0 Å². The number of rotatable bonds is 0. The first-order valence-corrected chi connectivity index (χ1v) is 3.73. The van der Waals surface area contributed by atoms with Crippen molar-refractivity contribution in [2.24, 2.45) is 0 Å². The molecule has 4 heavy (non-hydrogen) atoms. The molecule has 0 aromatic rings. The Morgan fingerprint density at radius 1 is 1.25 bits per heavy atom. The number of hydrogen-bond donors (Lipinski definition) is 0. The minimum absolute atomic E-state index is 0. The zero-order chi connectivity index (χ0) is 2.00. The molecule has 0 atom stereocenters. The van der Waals surface area contributed by atoms with Crippen LogP contribution in [-0.4, -0.2) is 14.4 Å². The van der Waals surface area contributed by atoms with Crippen molar-refractivity contribution in [1.29, 1.82) is 0 Å². The van der Waals surface area contributed by atoms with Gasteiger partial charge >= 0.3 is 28.6 Å². The van der Waals surface area contributed by atoms with E-state index in [0.29, 0.717) is 0 Å². The molecule has 0 fully saturated rings. The Balaban J connectivity index is -0.00000000500. The predicted molar refractivity (Wildman–Crippen MR) is 8.54 cm³/mol. The molecule has 26 valence electrons. The van der Waals surface area contributed by atoms with Gasteiger partial charge in [0.15, 0.2) is 0 Å². The van der Waals surface area contributed by atoms with Crippen molar-refractivity contribution < 1.29 is 56.9 Å². The average Bonchev–Trinajstić information content (AvgIpc) is 1.00. The van der Waals surface area contributed by atoms with Crippen LogP contribution in [0.1, 0.15) is 0 Å². The van der Waals surface area contributed by atoms with Crippen LogP contribution >= 0.6 is 0 Å². The van der Waals surface area contributed by atoms with Crippen molar-refractivity contribution in [3.05, 3.63) is 0 Å². The molecule has 0 aliphatic heterocycles. The predicted octanol–water partition coefficient (Wildman–Crippen LogP) is -0.924. The summed E-state index contributed by atoms with van der Waals surface area (Å²) in [7, 11) is 0. The Kier molecular flexibility index (Phi) is 72.3. The second-order valence-electron chi connectivity index (χ2n) is 0. The zero-order valence-corrected chi connectivity index (χ0v) is 9.65. The summed E-state index contributed by atoms with van der Waals surface area (Å²) < 4.78 is 0. The fourth-order valence-electron chi connectivity index (χ4n) is 0. The van der Waals surface area contributed by atoms with Crippen molar-refractivity contribution in [2.75, 3.05) is 0 Å². The molecule has 0 radical (unpaired) electrons. The van der Waals surface area contributed by atoms with E-state index in [1.165, 1.54) is 0 Å². The molecule has 0 saturated carbocycles.